The first-order valence-corrected chi connectivity index (χ1v) is 17.7. The molecule has 0 amide bonds. The van der Waals surface area contributed by atoms with Crippen LogP contribution in [0, 0.1) is 0 Å². The fourth-order valence-corrected chi connectivity index (χ4v) is 0. The fraction of sp³-hybridized carbons (Fsp3) is 0. The fourth-order valence-electron chi connectivity index (χ4n) is 0. The second kappa shape index (κ2) is 8.31. The first-order chi connectivity index (χ1) is 1.73. The SMILES string of the molecule is [Br][Sb]([Br])[Br].[Cs]. The topological polar surface area (TPSA) is 0 Å². The Hall–Kier alpha value is 4.31. The molecule has 0 aliphatic heterocycles. The second-order valence-electron chi connectivity index (χ2n) is 0.192. The molecule has 0 rings (SSSR count). The summed E-state index contributed by atoms with van der Waals surface area (Å²) in [7, 11) is 0. The van der Waals surface area contributed by atoms with E-state index in [1.54, 1.807) is 0 Å². The molecule has 0 aliphatic rings. The van der Waals surface area contributed by atoms with Gasteiger partial charge in [-0.25, -0.2) is 0 Å². The molecule has 0 nitrogen and oxygen atoms in total. The van der Waals surface area contributed by atoms with Crippen molar-refractivity contribution in [3.63, 3.8) is 0 Å². The molecule has 0 aliphatic carbocycles. The molecule has 0 saturated carbocycles. The first-order valence-electron chi connectivity index (χ1n) is 0.507. The van der Waals surface area contributed by atoms with Gasteiger partial charge >= 0.3 is 51.2 Å². The summed E-state index contributed by atoms with van der Waals surface area (Å²) in [5, 5.41) is 0. The van der Waals surface area contributed by atoms with Crippen molar-refractivity contribution in [2.24, 2.45) is 0 Å². The molecule has 1 radical (unpaired) electrons. The first kappa shape index (κ1) is 12.0. The molecule has 0 bridgehead atoms. The van der Waals surface area contributed by atoms with Crippen molar-refractivity contribution >= 4 is 120 Å². The number of halogens is 3. The van der Waals surface area contributed by atoms with E-state index in [2.05, 4.69) is 37.8 Å². The monoisotopic (exact) mass is 491 g/mol. The Labute approximate surface area is 116 Å². The van der Waals surface area contributed by atoms with Crippen molar-refractivity contribution in [1.82, 2.24) is 0 Å². The van der Waals surface area contributed by atoms with E-state index >= 15 is 0 Å². The van der Waals surface area contributed by atoms with Gasteiger partial charge in [-0.15, -0.1) is 0 Å². The van der Waals surface area contributed by atoms with Crippen molar-refractivity contribution in [2.45, 2.75) is 0 Å². The molecule has 5 heteroatoms. The minimum Gasteiger partial charge on any atom is 0 e. The van der Waals surface area contributed by atoms with Crippen LogP contribution in [0.5, 0.6) is 0 Å². The van der Waals surface area contributed by atoms with E-state index in [1.807, 2.05) is 0 Å². The quantitative estimate of drug-likeness (QED) is 0.451. The van der Waals surface area contributed by atoms with Gasteiger partial charge in [-0.3, -0.25) is 0 Å². The zero-order chi connectivity index (χ0) is 3.58. The van der Waals surface area contributed by atoms with Crippen LogP contribution in [0.4, 0.5) is 0 Å². The van der Waals surface area contributed by atoms with E-state index < -0.39 is 13.5 Å². The molecule has 0 saturated heterocycles. The number of hydrogen-bond donors (Lipinski definition) is 0. The third-order valence-electron chi connectivity index (χ3n) is 0. The Morgan fingerprint density at radius 3 is 1.00 bits per heavy atom. The molecule has 0 unspecified atom stereocenters. The molecular formula is Br3CsSb. The smallest absolute Gasteiger partial charge is 0 e. The largest absolute Gasteiger partial charge is 0 e. The average molecular weight is 494 g/mol. The van der Waals surface area contributed by atoms with Gasteiger partial charge < -0.3 is 0 Å². The molecule has 0 N–H and O–H groups in total. The van der Waals surface area contributed by atoms with Gasteiger partial charge in [0.15, 0.2) is 0 Å². The summed E-state index contributed by atoms with van der Waals surface area (Å²) in [5.41, 5.74) is 0. The molecule has 0 spiro atoms. The molecule has 0 aromatic rings. The van der Waals surface area contributed by atoms with E-state index in [0.717, 1.165) is 0 Å². The zero-order valence-electron chi connectivity index (χ0n) is 2.58. The van der Waals surface area contributed by atoms with Gasteiger partial charge in [-0.05, 0) is 0 Å². The summed E-state index contributed by atoms with van der Waals surface area (Å²) in [6, 6.07) is 0. The van der Waals surface area contributed by atoms with Crippen molar-refractivity contribution < 1.29 is 0 Å². The zero-order valence-corrected chi connectivity index (χ0v) is 16.2. The molecule has 5 heavy (non-hydrogen) atoms. The third kappa shape index (κ3) is 17.8. The Bertz CT molecular complexity index is 11.6. The van der Waals surface area contributed by atoms with Gasteiger partial charge in [0.05, 0.1) is 0 Å². The average Bonchev–Trinajstić information content (AvgIpc) is 0.811. The molecular weight excluding hydrogens is 494 g/mol. The molecule has 27 valence electrons. The van der Waals surface area contributed by atoms with Crippen molar-refractivity contribution in [3.05, 3.63) is 0 Å². The van der Waals surface area contributed by atoms with Gasteiger partial charge in [0.1, 0.15) is 0 Å². The van der Waals surface area contributed by atoms with Crippen molar-refractivity contribution in [1.29, 1.82) is 0 Å². The Balaban J connectivity index is 0. The summed E-state index contributed by atoms with van der Waals surface area (Å²) in [6.45, 7) is 0. The molecule has 0 aromatic carbocycles. The number of hydrogen-bond acceptors (Lipinski definition) is 0. The minimum absolute atomic E-state index is 0. The molecule has 0 fully saturated rings. The standard InChI is InChI=1S/3BrH.Cs.Sb/h3*1H;;/q;;;;+3/p-3. The summed E-state index contributed by atoms with van der Waals surface area (Å²) < 4.78 is 0. The van der Waals surface area contributed by atoms with Gasteiger partial charge in [0, 0.05) is 68.9 Å². The van der Waals surface area contributed by atoms with Crippen LogP contribution in [-0.4, -0.2) is 82.4 Å². The van der Waals surface area contributed by atoms with E-state index in [0.29, 0.717) is 0 Å². The van der Waals surface area contributed by atoms with Crippen LogP contribution in [0.25, 0.3) is 0 Å². The maximum absolute atomic E-state index is 3.29. The van der Waals surface area contributed by atoms with Crippen LogP contribution in [0.3, 0.4) is 0 Å². The third-order valence-corrected chi connectivity index (χ3v) is 0. The predicted molar refractivity (Wildman–Crippen MR) is 38.3 cm³/mol. The number of rotatable bonds is 0. The van der Waals surface area contributed by atoms with Gasteiger partial charge in [-0.2, -0.15) is 0 Å². The van der Waals surface area contributed by atoms with Crippen LogP contribution < -0.4 is 0 Å². The van der Waals surface area contributed by atoms with E-state index in [4.69, 9.17) is 0 Å². The molecule has 0 aromatic heterocycles. The van der Waals surface area contributed by atoms with Gasteiger partial charge in [0.25, 0.3) is 0 Å². The van der Waals surface area contributed by atoms with E-state index in [-0.39, 0.29) is 68.9 Å². The Morgan fingerprint density at radius 1 is 1.00 bits per heavy atom. The van der Waals surface area contributed by atoms with Crippen LogP contribution in [0.1, 0.15) is 0 Å². The van der Waals surface area contributed by atoms with Crippen molar-refractivity contribution in [3.8, 4) is 0 Å². The van der Waals surface area contributed by atoms with E-state index in [9.17, 15) is 0 Å². The molecule has 0 atom stereocenters. The van der Waals surface area contributed by atoms with Crippen LogP contribution >= 0.6 is 37.8 Å². The van der Waals surface area contributed by atoms with Gasteiger partial charge in [0.2, 0.25) is 0 Å². The van der Waals surface area contributed by atoms with Crippen molar-refractivity contribution in [2.75, 3.05) is 0 Å². The minimum atomic E-state index is -1.01. The van der Waals surface area contributed by atoms with E-state index in [1.165, 1.54) is 0 Å². The maximum atomic E-state index is 3.29. The van der Waals surface area contributed by atoms with Crippen LogP contribution in [0.15, 0.2) is 0 Å². The Kier molecular flexibility index (Phi) is 20.0. The Morgan fingerprint density at radius 2 is 1.00 bits per heavy atom. The second-order valence-corrected chi connectivity index (χ2v) is 34.7. The summed E-state index contributed by atoms with van der Waals surface area (Å²) in [5.74, 6) is 0. The van der Waals surface area contributed by atoms with Crippen LogP contribution in [0.2, 0.25) is 0 Å². The summed E-state index contributed by atoms with van der Waals surface area (Å²) in [6.07, 6.45) is 0. The maximum Gasteiger partial charge on any atom is 0 e. The molecule has 0 heterocycles. The predicted octanol–water partition coefficient (Wildman–Crippen LogP) is 1.78. The normalized spacial score (nSPS) is 7.20. The van der Waals surface area contributed by atoms with Crippen LogP contribution in [-0.2, 0) is 0 Å². The summed E-state index contributed by atoms with van der Waals surface area (Å²) >= 11 is 8.85. The van der Waals surface area contributed by atoms with Gasteiger partial charge in [-0.1, -0.05) is 0 Å². The summed E-state index contributed by atoms with van der Waals surface area (Å²) in [4.78, 5) is 0.